The first-order valence-corrected chi connectivity index (χ1v) is 6.96. The van der Waals surface area contributed by atoms with E-state index in [0.717, 1.165) is 5.75 Å². The van der Waals surface area contributed by atoms with Crippen LogP contribution >= 0.6 is 0 Å². The summed E-state index contributed by atoms with van der Waals surface area (Å²) in [6.45, 7) is 0.492. The maximum atomic E-state index is 12.2. The molecule has 3 rings (SSSR count). The van der Waals surface area contributed by atoms with Gasteiger partial charge in [-0.1, -0.05) is 42.5 Å². The van der Waals surface area contributed by atoms with Gasteiger partial charge in [-0.3, -0.25) is 9.59 Å². The fourth-order valence-corrected chi connectivity index (χ4v) is 2.23. The number of para-hydroxylation sites is 1. The summed E-state index contributed by atoms with van der Waals surface area (Å²) in [6.07, 6.45) is 1.24. The highest BCUT2D eigenvalue weighted by Gasteiger charge is 2.26. The van der Waals surface area contributed by atoms with Gasteiger partial charge in [0.05, 0.1) is 0 Å². The summed E-state index contributed by atoms with van der Waals surface area (Å²) in [5.41, 5.74) is 0.800. The van der Waals surface area contributed by atoms with E-state index in [1.807, 2.05) is 30.3 Å². The van der Waals surface area contributed by atoms with Crippen LogP contribution < -0.4 is 4.74 Å². The molecule has 0 N–H and O–H groups in total. The molecule has 0 aromatic heterocycles. The van der Waals surface area contributed by atoms with E-state index < -0.39 is 0 Å². The molecular formula is C18H14O4. The number of carbonyl (C=O) groups is 2. The lowest BCUT2D eigenvalue weighted by Crippen LogP contribution is -2.20. The van der Waals surface area contributed by atoms with E-state index in [4.69, 9.17) is 9.47 Å². The molecule has 0 saturated heterocycles. The Balaban J connectivity index is 1.60. The van der Waals surface area contributed by atoms with Gasteiger partial charge in [0.25, 0.3) is 0 Å². The van der Waals surface area contributed by atoms with Gasteiger partial charge in [0, 0.05) is 17.2 Å². The third-order valence-corrected chi connectivity index (χ3v) is 3.28. The predicted octanol–water partition coefficient (Wildman–Crippen LogP) is 3.05. The van der Waals surface area contributed by atoms with Crippen molar-refractivity contribution in [3.05, 3.63) is 77.6 Å². The highest BCUT2D eigenvalue weighted by molar-refractivity contribution is 6.23. The van der Waals surface area contributed by atoms with Crippen LogP contribution in [-0.2, 0) is 4.74 Å². The summed E-state index contributed by atoms with van der Waals surface area (Å²) in [7, 11) is 0. The van der Waals surface area contributed by atoms with Gasteiger partial charge in [0.1, 0.15) is 19.0 Å². The molecule has 0 unspecified atom stereocenters. The largest absolute Gasteiger partial charge is 0.490 e. The molecule has 0 fully saturated rings. The van der Waals surface area contributed by atoms with Crippen molar-refractivity contribution in [3.63, 3.8) is 0 Å². The molecule has 2 aromatic carbocycles. The number of hydrogen-bond donors (Lipinski definition) is 0. The summed E-state index contributed by atoms with van der Waals surface area (Å²) < 4.78 is 10.9. The number of ketones is 2. The number of ether oxygens (including phenoxy) is 2. The fraction of sp³-hybridized carbons (Fsp3) is 0.111. The van der Waals surface area contributed by atoms with Crippen molar-refractivity contribution >= 4 is 11.6 Å². The molecule has 0 heterocycles. The Morgan fingerprint density at radius 1 is 0.727 bits per heavy atom. The SMILES string of the molecule is O=C1C=C(OCCOc2ccccc2)C(=O)c2ccccc21. The number of allylic oxidation sites excluding steroid dienone is 2. The predicted molar refractivity (Wildman–Crippen MR) is 81.1 cm³/mol. The number of Topliss-reactive ketones (excluding diaryl/α,β-unsaturated/α-hetero) is 1. The zero-order valence-corrected chi connectivity index (χ0v) is 11.8. The van der Waals surface area contributed by atoms with Gasteiger partial charge in [-0.2, -0.15) is 0 Å². The van der Waals surface area contributed by atoms with E-state index in [0.29, 0.717) is 17.7 Å². The number of fused-ring (bicyclic) bond motifs is 1. The van der Waals surface area contributed by atoms with Gasteiger partial charge in [-0.15, -0.1) is 0 Å². The van der Waals surface area contributed by atoms with Crippen LogP contribution in [-0.4, -0.2) is 24.8 Å². The Bertz CT molecular complexity index is 732. The van der Waals surface area contributed by atoms with Crippen LogP contribution in [0.5, 0.6) is 5.75 Å². The standard InChI is InChI=1S/C18H14O4/c19-16-12-17(18(20)15-9-5-4-8-14(15)16)22-11-10-21-13-6-2-1-3-7-13/h1-9,12H,10-11H2. The molecule has 1 aliphatic rings. The minimum absolute atomic E-state index is 0.0698. The van der Waals surface area contributed by atoms with E-state index in [9.17, 15) is 9.59 Å². The molecule has 0 spiro atoms. The molecule has 22 heavy (non-hydrogen) atoms. The monoisotopic (exact) mass is 294 g/mol. The Morgan fingerprint density at radius 3 is 2.14 bits per heavy atom. The molecule has 0 saturated carbocycles. The van der Waals surface area contributed by atoms with E-state index in [2.05, 4.69) is 0 Å². The highest BCUT2D eigenvalue weighted by Crippen LogP contribution is 2.21. The molecule has 0 radical (unpaired) electrons. The lowest BCUT2D eigenvalue weighted by Gasteiger charge is -2.15. The van der Waals surface area contributed by atoms with Crippen molar-refractivity contribution in [2.24, 2.45) is 0 Å². The van der Waals surface area contributed by atoms with Gasteiger partial charge < -0.3 is 9.47 Å². The Hall–Kier alpha value is -2.88. The first-order valence-electron chi connectivity index (χ1n) is 6.96. The van der Waals surface area contributed by atoms with Gasteiger partial charge in [-0.05, 0) is 12.1 Å². The van der Waals surface area contributed by atoms with Crippen LogP contribution in [0.3, 0.4) is 0 Å². The van der Waals surface area contributed by atoms with Crippen LogP contribution in [0.4, 0.5) is 0 Å². The van der Waals surface area contributed by atoms with Crippen molar-refractivity contribution in [1.82, 2.24) is 0 Å². The molecule has 0 amide bonds. The van der Waals surface area contributed by atoms with Gasteiger partial charge >= 0.3 is 0 Å². The Morgan fingerprint density at radius 2 is 1.36 bits per heavy atom. The smallest absolute Gasteiger partial charge is 0.228 e. The minimum Gasteiger partial charge on any atom is -0.490 e. The van der Waals surface area contributed by atoms with Crippen LogP contribution in [0.15, 0.2) is 66.4 Å². The van der Waals surface area contributed by atoms with Crippen LogP contribution in [0.25, 0.3) is 0 Å². The maximum absolute atomic E-state index is 12.2. The zero-order chi connectivity index (χ0) is 15.4. The van der Waals surface area contributed by atoms with E-state index in [-0.39, 0.29) is 23.9 Å². The molecule has 0 atom stereocenters. The average molecular weight is 294 g/mol. The average Bonchev–Trinajstić information content (AvgIpc) is 2.57. The summed E-state index contributed by atoms with van der Waals surface area (Å²) in [5.74, 6) is 0.320. The molecule has 1 aliphatic carbocycles. The molecule has 0 bridgehead atoms. The van der Waals surface area contributed by atoms with Crippen molar-refractivity contribution < 1.29 is 19.1 Å². The van der Waals surface area contributed by atoms with Crippen LogP contribution in [0.1, 0.15) is 20.7 Å². The van der Waals surface area contributed by atoms with Gasteiger partial charge in [-0.25, -0.2) is 0 Å². The van der Waals surface area contributed by atoms with Crippen molar-refractivity contribution in [1.29, 1.82) is 0 Å². The number of benzene rings is 2. The quantitative estimate of drug-likeness (QED) is 0.795. The van der Waals surface area contributed by atoms with Crippen molar-refractivity contribution in [3.8, 4) is 5.75 Å². The fourth-order valence-electron chi connectivity index (χ4n) is 2.23. The first-order chi connectivity index (χ1) is 10.8. The number of carbonyl (C=O) groups excluding carboxylic acids is 2. The zero-order valence-electron chi connectivity index (χ0n) is 11.8. The van der Waals surface area contributed by atoms with Gasteiger partial charge in [0.15, 0.2) is 11.5 Å². The summed E-state index contributed by atoms with van der Waals surface area (Å²) in [5, 5.41) is 0. The lowest BCUT2D eigenvalue weighted by atomic mass is 9.94. The van der Waals surface area contributed by atoms with Crippen LogP contribution in [0, 0.1) is 0 Å². The molecule has 2 aromatic rings. The topological polar surface area (TPSA) is 52.6 Å². The third-order valence-electron chi connectivity index (χ3n) is 3.28. The highest BCUT2D eigenvalue weighted by atomic mass is 16.5. The minimum atomic E-state index is -0.269. The third kappa shape index (κ3) is 2.91. The number of rotatable bonds is 5. The Kier molecular flexibility index (Phi) is 4.01. The molecule has 4 heteroatoms. The normalized spacial score (nSPS) is 13.4. The first kappa shape index (κ1) is 14.1. The van der Waals surface area contributed by atoms with Crippen molar-refractivity contribution in [2.45, 2.75) is 0 Å². The molecule has 4 nitrogen and oxygen atoms in total. The van der Waals surface area contributed by atoms with E-state index in [1.165, 1.54) is 6.08 Å². The summed E-state index contributed by atoms with van der Waals surface area (Å²) in [6, 6.07) is 16.1. The Labute approximate surface area is 128 Å². The maximum Gasteiger partial charge on any atom is 0.228 e. The molecular weight excluding hydrogens is 280 g/mol. The van der Waals surface area contributed by atoms with E-state index >= 15 is 0 Å². The second-order valence-corrected chi connectivity index (χ2v) is 4.76. The second-order valence-electron chi connectivity index (χ2n) is 4.76. The number of hydrogen-bond acceptors (Lipinski definition) is 4. The second kappa shape index (κ2) is 6.26. The van der Waals surface area contributed by atoms with E-state index in [1.54, 1.807) is 24.3 Å². The summed E-state index contributed by atoms with van der Waals surface area (Å²) in [4.78, 5) is 24.2. The van der Waals surface area contributed by atoms with Crippen LogP contribution in [0.2, 0.25) is 0 Å². The summed E-state index contributed by atoms with van der Waals surface area (Å²) >= 11 is 0. The molecule has 0 aliphatic heterocycles. The van der Waals surface area contributed by atoms with Gasteiger partial charge in [0.2, 0.25) is 5.78 Å². The molecule has 110 valence electrons. The van der Waals surface area contributed by atoms with Crippen molar-refractivity contribution in [2.75, 3.05) is 13.2 Å². The lowest BCUT2D eigenvalue weighted by molar-refractivity contribution is 0.0851.